The predicted octanol–water partition coefficient (Wildman–Crippen LogP) is 12.6. The number of esters is 1. The lowest BCUT2D eigenvalue weighted by Gasteiger charge is -2.60. The van der Waals surface area contributed by atoms with Crippen molar-refractivity contribution >= 4 is 5.97 Å². The Morgan fingerprint density at radius 3 is 2.07 bits per heavy atom. The van der Waals surface area contributed by atoms with Gasteiger partial charge in [0.15, 0.2) is 5.82 Å². The van der Waals surface area contributed by atoms with Crippen molar-refractivity contribution in [2.45, 2.75) is 122 Å². The zero-order chi connectivity index (χ0) is 48.6. The van der Waals surface area contributed by atoms with Gasteiger partial charge >= 0.3 is 5.97 Å². The highest BCUT2D eigenvalue weighted by Gasteiger charge is 2.60. The van der Waals surface area contributed by atoms with E-state index in [4.69, 9.17) is 15.0 Å². The molecule has 5 aliphatic rings. The van der Waals surface area contributed by atoms with Crippen molar-refractivity contribution in [3.63, 3.8) is 0 Å². The summed E-state index contributed by atoms with van der Waals surface area (Å²) in [6.45, 7) is 9.19. The lowest BCUT2D eigenvalue weighted by Crippen LogP contribution is -2.53. The molecule has 8 nitrogen and oxygen atoms in total. The molecule has 2 heterocycles. The van der Waals surface area contributed by atoms with Crippen molar-refractivity contribution in [3.8, 4) is 34.5 Å². The Morgan fingerprint density at radius 2 is 1.39 bits per heavy atom. The molecule has 1 N–H and O–H groups in total. The molecule has 6 aromatic rings. The fraction of sp³-hybridized carbons (Fsp3) is 0.460. The zero-order valence-electron chi connectivity index (χ0n) is 42.3. The molecule has 8 heteroatoms. The maximum atomic E-state index is 13.2. The Morgan fingerprint density at radius 1 is 0.746 bits per heavy atom. The molecule has 4 aliphatic carbocycles. The van der Waals surface area contributed by atoms with Crippen LogP contribution in [-0.2, 0) is 21.6 Å². The van der Waals surface area contributed by atoms with Crippen molar-refractivity contribution < 1.29 is 9.53 Å². The van der Waals surface area contributed by atoms with Crippen LogP contribution < -0.4 is 5.32 Å². The number of aromatic nitrogens is 4. The Hall–Kier alpha value is -6.04. The van der Waals surface area contributed by atoms with Gasteiger partial charge in [-0.2, -0.15) is 0 Å². The van der Waals surface area contributed by atoms with E-state index < -0.39 is 5.54 Å². The number of nitrogens with zero attached hydrogens (tertiary/aromatic N) is 5. The zero-order valence-corrected chi connectivity index (χ0v) is 42.3. The maximum Gasteiger partial charge on any atom is 0.329 e. The Balaban J connectivity index is 0.773. The summed E-state index contributed by atoms with van der Waals surface area (Å²) < 4.78 is 7.33. The molecule has 5 aromatic carbocycles. The number of hydrogen-bond donors (Lipinski definition) is 1. The number of likely N-dealkylation sites (tertiary alicyclic amines) is 1. The molecule has 1 aromatic heterocycles. The largest absolute Gasteiger partial charge is 0.467 e. The van der Waals surface area contributed by atoms with Crippen molar-refractivity contribution in [2.75, 3.05) is 13.7 Å². The van der Waals surface area contributed by atoms with Gasteiger partial charge in [0.1, 0.15) is 11.6 Å². The molecule has 0 spiro atoms. The molecular formula is C63H72N6O2. The normalized spacial score (nSPS) is 28.5. The molecule has 5 fully saturated rings. The molecule has 4 saturated carbocycles. The molecule has 10 atom stereocenters. The summed E-state index contributed by atoms with van der Waals surface area (Å²) in [5, 5.41) is 17.7. The molecule has 0 bridgehead atoms. The average molecular weight is 945 g/mol. The minimum absolute atomic E-state index is 0.106. The number of carbonyl (C=O) groups is 1. The van der Waals surface area contributed by atoms with E-state index >= 15 is 0 Å². The summed E-state index contributed by atoms with van der Waals surface area (Å²) in [6, 6.07) is 51.9. The SMILES string of the molecule is COC(=O)C1CC(NCc2ccc(-c3ccccc3-c3nnnn3C(c3ccccc3)(c3ccccc3)c3ccccc3)cc2)CN1C#CC[C@@H](C)[C@H]1CC[C@H]2[C@@H]3CCC4CCCC[C@]4(C)[C@H]3CC[C@]12C. The van der Waals surface area contributed by atoms with Gasteiger partial charge in [0.05, 0.1) is 7.11 Å². The smallest absolute Gasteiger partial charge is 0.329 e. The van der Waals surface area contributed by atoms with E-state index in [0.29, 0.717) is 42.1 Å². The molecule has 1 aliphatic heterocycles. The van der Waals surface area contributed by atoms with Gasteiger partial charge in [0.2, 0.25) is 0 Å². The molecule has 366 valence electrons. The first kappa shape index (κ1) is 47.3. The number of carbonyl (C=O) groups excluding carboxylic acids is 1. The van der Waals surface area contributed by atoms with Crippen LogP contribution in [0, 0.1) is 58.3 Å². The number of nitrogens with one attached hydrogen (secondary N) is 1. The summed E-state index contributed by atoms with van der Waals surface area (Å²) in [4.78, 5) is 15.2. The van der Waals surface area contributed by atoms with E-state index in [2.05, 4.69) is 169 Å². The number of tetrazole rings is 1. The molecule has 3 unspecified atom stereocenters. The van der Waals surface area contributed by atoms with Crippen molar-refractivity contribution in [1.29, 1.82) is 0 Å². The number of methoxy groups -OCH3 is 1. The van der Waals surface area contributed by atoms with Gasteiger partial charge in [-0.3, -0.25) is 0 Å². The van der Waals surface area contributed by atoms with Crippen LogP contribution in [0.1, 0.15) is 120 Å². The molecule has 0 radical (unpaired) electrons. The summed E-state index contributed by atoms with van der Waals surface area (Å²) in [7, 11) is 1.50. The second-order valence-corrected chi connectivity index (χ2v) is 22.6. The highest BCUT2D eigenvalue weighted by atomic mass is 16.5. The number of benzene rings is 5. The quantitative estimate of drug-likeness (QED) is 0.0743. The summed E-state index contributed by atoms with van der Waals surface area (Å²) in [6.07, 6.45) is 15.9. The summed E-state index contributed by atoms with van der Waals surface area (Å²) in [5.41, 5.74) is 7.53. The fourth-order valence-corrected chi connectivity index (χ4v) is 15.7. The first-order valence-electron chi connectivity index (χ1n) is 26.9. The molecule has 11 rings (SSSR count). The molecular weight excluding hydrogens is 873 g/mol. The van der Waals surface area contributed by atoms with Crippen LogP contribution in [-0.4, -0.2) is 56.8 Å². The van der Waals surface area contributed by atoms with Crippen LogP contribution in [0.2, 0.25) is 0 Å². The average Bonchev–Trinajstić information content (AvgIpc) is 4.17. The van der Waals surface area contributed by atoms with Crippen LogP contribution in [0.5, 0.6) is 0 Å². The maximum absolute atomic E-state index is 13.2. The van der Waals surface area contributed by atoms with Crippen LogP contribution in [0.4, 0.5) is 0 Å². The predicted molar refractivity (Wildman–Crippen MR) is 282 cm³/mol. The van der Waals surface area contributed by atoms with E-state index in [1.54, 1.807) is 0 Å². The van der Waals surface area contributed by atoms with Gasteiger partial charge in [-0.1, -0.05) is 179 Å². The second-order valence-electron chi connectivity index (χ2n) is 22.6. The standard InChI is InChI=1S/C63H72N6O2/c1-44(55-35-36-56-54-34-33-47-20-16-17-38-61(47,2)57(54)37-39-62(55,56)3)19-18-40-68-43-51(41-58(68)60(70)71-4)64-42-45-29-31-46(32-30-45)52-27-14-15-28-53(52)59-65-66-67-69(59)63(48-21-8-5-9-22-48,49-23-10-6-11-24-49)50-25-12-7-13-26-50/h5-15,21-32,44,47,51,54-58,64H,16-17,19-20,33-39,41-43H2,1-4H3/t44-,47?,51?,54+,55-,56+,57+,58?,61+,62-/m1/s1. The molecule has 0 amide bonds. The fourth-order valence-electron chi connectivity index (χ4n) is 15.7. The highest BCUT2D eigenvalue weighted by Crippen LogP contribution is 2.68. The van der Waals surface area contributed by atoms with E-state index in [-0.39, 0.29) is 18.1 Å². The van der Waals surface area contributed by atoms with E-state index in [0.717, 1.165) is 69.4 Å². The van der Waals surface area contributed by atoms with Crippen LogP contribution >= 0.6 is 0 Å². The number of fused-ring (bicyclic) bond motifs is 5. The first-order chi connectivity index (χ1) is 34.7. The minimum Gasteiger partial charge on any atom is -0.467 e. The Labute approximate surface area is 422 Å². The van der Waals surface area contributed by atoms with Crippen molar-refractivity contribution in [3.05, 3.63) is 162 Å². The lowest BCUT2D eigenvalue weighted by atomic mass is 9.44. The lowest BCUT2D eigenvalue weighted by molar-refractivity contribution is -0.144. The van der Waals surface area contributed by atoms with Gasteiger partial charge in [-0.15, -0.1) is 5.10 Å². The van der Waals surface area contributed by atoms with Crippen molar-refractivity contribution in [2.24, 2.45) is 46.3 Å². The summed E-state index contributed by atoms with van der Waals surface area (Å²) in [5.74, 6) is 9.05. The van der Waals surface area contributed by atoms with Crippen LogP contribution in [0.3, 0.4) is 0 Å². The van der Waals surface area contributed by atoms with Crippen LogP contribution in [0.15, 0.2) is 140 Å². The summed E-state index contributed by atoms with van der Waals surface area (Å²) >= 11 is 0. The van der Waals surface area contributed by atoms with Gasteiger partial charge in [0, 0.05) is 37.2 Å². The Kier molecular flexibility index (Phi) is 13.2. The second kappa shape index (κ2) is 19.9. The highest BCUT2D eigenvalue weighted by molar-refractivity contribution is 5.81. The Bertz CT molecular complexity index is 2740. The third kappa shape index (κ3) is 8.50. The van der Waals surface area contributed by atoms with E-state index in [1.807, 2.05) is 22.9 Å². The van der Waals surface area contributed by atoms with E-state index in [9.17, 15) is 4.79 Å². The monoisotopic (exact) mass is 945 g/mol. The van der Waals surface area contributed by atoms with E-state index in [1.165, 1.54) is 76.9 Å². The van der Waals surface area contributed by atoms with Crippen LogP contribution in [0.25, 0.3) is 22.5 Å². The molecule has 71 heavy (non-hydrogen) atoms. The number of ether oxygens (including phenoxy) is 1. The third-order valence-electron chi connectivity index (χ3n) is 19.2. The molecule has 1 saturated heterocycles. The first-order valence-corrected chi connectivity index (χ1v) is 26.9. The minimum atomic E-state index is -0.860. The van der Waals surface area contributed by atoms with Gasteiger partial charge in [-0.05, 0) is 148 Å². The van der Waals surface area contributed by atoms with Gasteiger partial charge in [-0.25, -0.2) is 9.48 Å². The third-order valence-corrected chi connectivity index (χ3v) is 19.2. The number of rotatable bonds is 12. The number of hydrogen-bond acceptors (Lipinski definition) is 7. The van der Waals surface area contributed by atoms with Gasteiger partial charge < -0.3 is 15.0 Å². The van der Waals surface area contributed by atoms with Gasteiger partial charge in [0.25, 0.3) is 0 Å². The van der Waals surface area contributed by atoms with Crippen molar-refractivity contribution in [1.82, 2.24) is 30.4 Å². The topological polar surface area (TPSA) is 85.2 Å².